The van der Waals surface area contributed by atoms with Crippen molar-refractivity contribution in [3.8, 4) is 0 Å². The van der Waals surface area contributed by atoms with Gasteiger partial charge in [-0.25, -0.2) is 0 Å². The maximum Gasteiger partial charge on any atom is 0.279 e. The number of allylic oxidation sites excluding steroid dienone is 1. The molecule has 1 atom stereocenters. The lowest BCUT2D eigenvalue weighted by Gasteiger charge is -2.51. The van der Waals surface area contributed by atoms with Gasteiger partial charge in [0.25, 0.3) is 5.95 Å². The highest BCUT2D eigenvalue weighted by Crippen LogP contribution is 2.68. The molecule has 4 rings (SSSR count). The van der Waals surface area contributed by atoms with E-state index in [9.17, 15) is 10.2 Å². The van der Waals surface area contributed by atoms with Crippen molar-refractivity contribution in [3.63, 3.8) is 0 Å². The van der Waals surface area contributed by atoms with E-state index >= 15 is 0 Å². The number of aliphatic hydroxyl groups excluding tert-OH is 1. The summed E-state index contributed by atoms with van der Waals surface area (Å²) in [5, 5.41) is 19.5. The van der Waals surface area contributed by atoms with Crippen molar-refractivity contribution < 1.29 is 10.2 Å². The number of halogens is 1. The van der Waals surface area contributed by atoms with Gasteiger partial charge in [-0.3, -0.25) is 0 Å². The first-order chi connectivity index (χ1) is 9.06. The van der Waals surface area contributed by atoms with Crippen molar-refractivity contribution in [3.05, 3.63) is 39.7 Å². The molecule has 2 N–H and O–H groups in total. The monoisotopic (exact) mass is 320 g/mol. The van der Waals surface area contributed by atoms with Crippen LogP contribution in [-0.2, 0) is 5.41 Å². The Morgan fingerprint density at radius 2 is 1.89 bits per heavy atom. The van der Waals surface area contributed by atoms with Crippen molar-refractivity contribution >= 4 is 21.5 Å². The summed E-state index contributed by atoms with van der Waals surface area (Å²) in [7, 11) is 0. The maximum atomic E-state index is 9.74. The van der Waals surface area contributed by atoms with Crippen molar-refractivity contribution in [2.75, 3.05) is 0 Å². The molecule has 1 unspecified atom stereocenters. The van der Waals surface area contributed by atoms with Crippen LogP contribution in [0.2, 0.25) is 0 Å². The van der Waals surface area contributed by atoms with Gasteiger partial charge in [0.1, 0.15) is 0 Å². The number of aliphatic hydroxyl groups is 2. The van der Waals surface area contributed by atoms with Crippen LogP contribution in [0.25, 0.3) is 5.57 Å². The zero-order chi connectivity index (χ0) is 13.3. The summed E-state index contributed by atoms with van der Waals surface area (Å²) in [6, 6.07) is 6.24. The van der Waals surface area contributed by atoms with Gasteiger partial charge in [-0.1, -0.05) is 28.4 Å². The van der Waals surface area contributed by atoms with Gasteiger partial charge in [-0.15, -0.1) is 0 Å². The lowest BCUT2D eigenvalue weighted by molar-refractivity contribution is 0.174. The van der Waals surface area contributed by atoms with Crippen molar-refractivity contribution in [1.82, 2.24) is 0 Å². The fourth-order valence-electron chi connectivity index (χ4n) is 4.43. The maximum absolute atomic E-state index is 9.74. The third-order valence-electron chi connectivity index (χ3n) is 5.41. The Morgan fingerprint density at radius 3 is 2.58 bits per heavy atom. The van der Waals surface area contributed by atoms with Crippen molar-refractivity contribution in [2.24, 2.45) is 5.41 Å². The van der Waals surface area contributed by atoms with Crippen LogP contribution in [0, 0.1) is 5.41 Å². The molecule has 2 saturated carbocycles. The summed E-state index contributed by atoms with van der Waals surface area (Å²) in [6.07, 6.45) is 7.32. The summed E-state index contributed by atoms with van der Waals surface area (Å²) in [5.74, 6) is -0.469. The minimum Gasteiger partial charge on any atom is -0.481 e. The molecule has 3 aliphatic carbocycles. The molecule has 0 aliphatic heterocycles. The van der Waals surface area contributed by atoms with E-state index in [1.54, 1.807) is 0 Å². The van der Waals surface area contributed by atoms with Crippen LogP contribution in [-0.4, -0.2) is 10.2 Å². The Balaban J connectivity index is 1.87. The third-order valence-corrected chi connectivity index (χ3v) is 5.91. The first-order valence-corrected chi connectivity index (χ1v) is 7.79. The molecule has 1 aromatic rings. The van der Waals surface area contributed by atoms with Crippen molar-refractivity contribution in [1.29, 1.82) is 0 Å². The Morgan fingerprint density at radius 1 is 1.11 bits per heavy atom. The second-order valence-corrected chi connectivity index (χ2v) is 7.42. The second kappa shape index (κ2) is 3.57. The molecule has 0 aromatic heterocycles. The molecule has 0 heterocycles. The fourth-order valence-corrected chi connectivity index (χ4v) is 4.80. The van der Waals surface area contributed by atoms with E-state index in [2.05, 4.69) is 28.1 Å². The van der Waals surface area contributed by atoms with Gasteiger partial charge in [0.15, 0.2) is 0 Å². The number of hydrogen-bond donors (Lipinski definition) is 2. The first-order valence-electron chi connectivity index (χ1n) is 7.00. The largest absolute Gasteiger partial charge is 0.481 e. The van der Waals surface area contributed by atoms with Gasteiger partial charge >= 0.3 is 0 Å². The normalized spacial score (nSPS) is 30.1. The Hall–Kier alpha value is -0.960. The van der Waals surface area contributed by atoms with Gasteiger partial charge in [0.05, 0.1) is 5.57 Å². The molecule has 0 saturated heterocycles. The first kappa shape index (κ1) is 11.8. The lowest BCUT2D eigenvalue weighted by Crippen LogP contribution is -2.43. The second-order valence-electron chi connectivity index (χ2n) is 6.50. The summed E-state index contributed by atoms with van der Waals surface area (Å²) < 4.78 is 0.997. The molecule has 3 aliphatic rings. The molecule has 0 amide bonds. The Bertz CT molecular complexity index is 597. The highest BCUT2D eigenvalue weighted by molar-refractivity contribution is 9.10. The smallest absolute Gasteiger partial charge is 0.279 e. The van der Waals surface area contributed by atoms with E-state index in [1.165, 1.54) is 31.2 Å². The van der Waals surface area contributed by atoms with E-state index < -0.39 is 5.95 Å². The van der Waals surface area contributed by atoms with Crippen LogP contribution in [0.5, 0.6) is 0 Å². The topological polar surface area (TPSA) is 40.5 Å². The third kappa shape index (κ3) is 1.48. The number of benzene rings is 1. The van der Waals surface area contributed by atoms with Crippen LogP contribution in [0.1, 0.15) is 49.7 Å². The van der Waals surface area contributed by atoms with Gasteiger partial charge < -0.3 is 10.2 Å². The quantitative estimate of drug-likeness (QED) is 0.671. The number of fused-ring (bicyclic) bond motifs is 2. The molecule has 2 nitrogen and oxygen atoms in total. The van der Waals surface area contributed by atoms with E-state index in [-0.39, 0.29) is 5.41 Å². The molecule has 0 radical (unpaired) electrons. The highest BCUT2D eigenvalue weighted by atomic mass is 79.9. The highest BCUT2D eigenvalue weighted by Gasteiger charge is 2.59. The molecule has 2 fully saturated rings. The van der Waals surface area contributed by atoms with Crippen molar-refractivity contribution in [2.45, 2.75) is 43.9 Å². The molecule has 19 heavy (non-hydrogen) atoms. The molecular formula is C16H17BrO2. The van der Waals surface area contributed by atoms with E-state index in [0.29, 0.717) is 5.41 Å². The zero-order valence-electron chi connectivity index (χ0n) is 10.7. The molecule has 100 valence electrons. The van der Waals surface area contributed by atoms with E-state index in [1.807, 2.05) is 6.07 Å². The van der Waals surface area contributed by atoms with Crippen LogP contribution < -0.4 is 0 Å². The van der Waals surface area contributed by atoms with E-state index in [4.69, 9.17) is 0 Å². The van der Waals surface area contributed by atoms with Gasteiger partial charge in [-0.2, -0.15) is 0 Å². The average Bonchev–Trinajstić information content (AvgIpc) is 3.07. The Kier molecular flexibility index (Phi) is 2.22. The molecule has 3 heteroatoms. The van der Waals surface area contributed by atoms with E-state index in [0.717, 1.165) is 28.5 Å². The van der Waals surface area contributed by atoms with Crippen LogP contribution in [0.3, 0.4) is 0 Å². The van der Waals surface area contributed by atoms with Crippen LogP contribution in [0.4, 0.5) is 0 Å². The summed E-state index contributed by atoms with van der Waals surface area (Å²) >= 11 is 3.47. The number of hydrogen-bond acceptors (Lipinski definition) is 2. The SMILES string of the molecule is OC(O)=C1c2cc(Br)ccc2C12CCCC1(CC1)C2. The summed E-state index contributed by atoms with van der Waals surface area (Å²) in [5.41, 5.74) is 3.55. The Labute approximate surface area is 121 Å². The predicted octanol–water partition coefficient (Wildman–Crippen LogP) is 4.84. The molecule has 1 aromatic carbocycles. The zero-order valence-corrected chi connectivity index (χ0v) is 12.3. The van der Waals surface area contributed by atoms with Crippen LogP contribution >= 0.6 is 15.9 Å². The predicted molar refractivity (Wildman–Crippen MR) is 78.1 cm³/mol. The molecule has 2 spiro atoms. The summed E-state index contributed by atoms with van der Waals surface area (Å²) in [6.45, 7) is 0. The molecule has 0 bridgehead atoms. The van der Waals surface area contributed by atoms with Gasteiger partial charge in [0.2, 0.25) is 0 Å². The summed E-state index contributed by atoms with van der Waals surface area (Å²) in [4.78, 5) is 0. The minimum atomic E-state index is -0.469. The minimum absolute atomic E-state index is 0.0797. The number of rotatable bonds is 0. The van der Waals surface area contributed by atoms with Gasteiger partial charge in [0, 0.05) is 9.89 Å². The molecular weight excluding hydrogens is 304 g/mol. The fraction of sp³-hybridized carbons (Fsp3) is 0.500. The van der Waals surface area contributed by atoms with Crippen LogP contribution in [0.15, 0.2) is 28.6 Å². The standard InChI is InChI=1S/C16H17BrO2/c17-10-2-3-12-11(8-10)13(14(18)19)16(12)5-1-4-15(9-16)6-7-15/h2-3,8,18-19H,1,4-7,9H2. The average molecular weight is 321 g/mol. The lowest BCUT2D eigenvalue weighted by atomic mass is 9.52. The van der Waals surface area contributed by atoms with Gasteiger partial charge in [-0.05, 0) is 60.8 Å².